The summed E-state index contributed by atoms with van der Waals surface area (Å²) < 4.78 is 29.1. The van der Waals surface area contributed by atoms with Crippen LogP contribution in [0.5, 0.6) is 0 Å². The molecule has 1 aromatic carbocycles. The van der Waals surface area contributed by atoms with Gasteiger partial charge in [0.25, 0.3) is 10.1 Å². The molecule has 4 rings (SSSR count). The summed E-state index contributed by atoms with van der Waals surface area (Å²) in [6, 6.07) is 8.45. The number of carbonyl (C=O) groups is 1. The number of para-hydroxylation sites is 1. The molecule has 0 saturated carbocycles. The average molecular weight is 409 g/mol. The van der Waals surface area contributed by atoms with Gasteiger partial charge in [-0.05, 0) is 51.3 Å². The lowest BCUT2D eigenvalue weighted by molar-refractivity contribution is -0.152. The van der Waals surface area contributed by atoms with Gasteiger partial charge in [-0.1, -0.05) is 18.2 Å². The van der Waals surface area contributed by atoms with E-state index in [-0.39, 0.29) is 11.7 Å². The molecule has 0 bridgehead atoms. The molecule has 0 unspecified atom stereocenters. The highest BCUT2D eigenvalue weighted by Gasteiger charge is 2.51. The second-order valence-electron chi connectivity index (χ2n) is 7.69. The number of aromatic nitrogens is 1. The van der Waals surface area contributed by atoms with E-state index in [1.165, 1.54) is 29.1 Å². The van der Waals surface area contributed by atoms with E-state index in [0.717, 1.165) is 32.4 Å². The molecular formula is C20H28N2O5S. The number of hydrogen-bond donors (Lipinski definition) is 2. The van der Waals surface area contributed by atoms with E-state index in [0.29, 0.717) is 0 Å². The second-order valence-corrected chi connectivity index (χ2v) is 9.43. The van der Waals surface area contributed by atoms with Crippen molar-refractivity contribution in [1.29, 1.82) is 0 Å². The zero-order valence-corrected chi connectivity index (χ0v) is 17.4. The summed E-state index contributed by atoms with van der Waals surface area (Å²) in [6.07, 6.45) is 2.76. The fraction of sp³-hybridized carbons (Fsp3) is 0.550. The second kappa shape index (κ2) is 7.50. The Balaban J connectivity index is 0.000000330. The van der Waals surface area contributed by atoms with E-state index >= 15 is 0 Å². The minimum absolute atomic E-state index is 0.201. The van der Waals surface area contributed by atoms with Gasteiger partial charge in [0.2, 0.25) is 0 Å². The van der Waals surface area contributed by atoms with Gasteiger partial charge in [0.05, 0.1) is 17.2 Å². The highest BCUT2D eigenvalue weighted by molar-refractivity contribution is 7.85. The first-order valence-electron chi connectivity index (χ1n) is 9.61. The Bertz CT molecular complexity index is 997. The maximum absolute atomic E-state index is 11.9. The minimum Gasteiger partial charge on any atom is -0.481 e. The molecule has 3 heterocycles. The third-order valence-corrected chi connectivity index (χ3v) is 6.97. The van der Waals surface area contributed by atoms with Gasteiger partial charge in [-0.25, -0.2) is 0 Å². The van der Waals surface area contributed by atoms with E-state index in [4.69, 9.17) is 4.55 Å². The summed E-state index contributed by atoms with van der Waals surface area (Å²) >= 11 is 0. The molecule has 154 valence electrons. The van der Waals surface area contributed by atoms with Gasteiger partial charge in [-0.15, -0.1) is 0 Å². The van der Waals surface area contributed by atoms with Crippen molar-refractivity contribution in [1.82, 2.24) is 9.47 Å². The fourth-order valence-corrected chi connectivity index (χ4v) is 4.86. The SMILES string of the molecule is CCS(=O)(=O)O.Cn1c2c(c3ccccc31)CCN1CCC[C@@H](C(=O)O)[C@]21C. The lowest BCUT2D eigenvalue weighted by Gasteiger charge is -2.51. The Morgan fingerprint density at radius 1 is 1.29 bits per heavy atom. The van der Waals surface area contributed by atoms with E-state index in [9.17, 15) is 18.3 Å². The van der Waals surface area contributed by atoms with Gasteiger partial charge in [0.15, 0.2) is 0 Å². The molecule has 2 atom stereocenters. The first-order valence-corrected chi connectivity index (χ1v) is 11.2. The molecule has 1 saturated heterocycles. The quantitative estimate of drug-likeness (QED) is 0.741. The number of aryl methyl sites for hydroxylation is 1. The number of hydrogen-bond acceptors (Lipinski definition) is 4. The summed E-state index contributed by atoms with van der Waals surface area (Å²) in [5.41, 5.74) is 3.38. The monoisotopic (exact) mass is 408 g/mol. The molecule has 7 nitrogen and oxygen atoms in total. The zero-order valence-electron chi connectivity index (χ0n) is 16.6. The van der Waals surface area contributed by atoms with Crippen molar-refractivity contribution in [2.75, 3.05) is 18.8 Å². The van der Waals surface area contributed by atoms with E-state index in [1.54, 1.807) is 0 Å². The molecule has 2 N–H and O–H groups in total. The Labute approximate surface area is 165 Å². The predicted octanol–water partition coefficient (Wildman–Crippen LogP) is 2.64. The highest BCUT2D eigenvalue weighted by Crippen LogP contribution is 2.48. The molecule has 2 aliphatic heterocycles. The van der Waals surface area contributed by atoms with E-state index < -0.39 is 21.6 Å². The van der Waals surface area contributed by atoms with Crippen LogP contribution in [-0.2, 0) is 33.9 Å². The van der Waals surface area contributed by atoms with Crippen molar-refractivity contribution >= 4 is 27.0 Å². The first kappa shape index (κ1) is 20.8. The molecular weight excluding hydrogens is 380 g/mol. The number of piperidine rings is 1. The van der Waals surface area contributed by atoms with Crippen LogP contribution in [0.15, 0.2) is 24.3 Å². The van der Waals surface area contributed by atoms with Gasteiger partial charge >= 0.3 is 5.97 Å². The molecule has 0 radical (unpaired) electrons. The number of benzene rings is 1. The standard InChI is InChI=1S/C18H22N2O2.C2H6O3S/c1-18-14(17(21)22)7-5-10-20(18)11-9-13-12-6-3-4-8-15(12)19(2)16(13)18;1-2-6(3,4)5/h3-4,6,8,14H,5,7,9-11H2,1-2H3,(H,21,22);2H2,1H3,(H,3,4,5)/t14-,18+;/m0./s1. The van der Waals surface area contributed by atoms with Crippen LogP contribution in [0.1, 0.15) is 37.9 Å². The average Bonchev–Trinajstić information content (AvgIpc) is 2.94. The summed E-state index contributed by atoms with van der Waals surface area (Å²) in [6.45, 7) is 5.47. The molecule has 1 aromatic heterocycles. The third kappa shape index (κ3) is 3.44. The smallest absolute Gasteiger partial charge is 0.308 e. The lowest BCUT2D eigenvalue weighted by Crippen LogP contribution is -2.58. The van der Waals surface area contributed by atoms with Crippen LogP contribution in [0.2, 0.25) is 0 Å². The normalized spacial score (nSPS) is 24.8. The Morgan fingerprint density at radius 3 is 2.54 bits per heavy atom. The van der Waals surface area contributed by atoms with Crippen molar-refractivity contribution in [3.63, 3.8) is 0 Å². The minimum atomic E-state index is -3.66. The number of carboxylic acid groups (broad SMARTS) is 1. The predicted molar refractivity (Wildman–Crippen MR) is 108 cm³/mol. The topological polar surface area (TPSA) is 99.8 Å². The summed E-state index contributed by atoms with van der Waals surface area (Å²) in [4.78, 5) is 14.3. The molecule has 8 heteroatoms. The molecule has 2 aliphatic rings. The molecule has 0 spiro atoms. The highest BCUT2D eigenvalue weighted by atomic mass is 32.2. The maximum Gasteiger partial charge on any atom is 0.308 e. The van der Waals surface area contributed by atoms with Crippen LogP contribution < -0.4 is 0 Å². The van der Waals surface area contributed by atoms with Gasteiger partial charge < -0.3 is 9.67 Å². The van der Waals surface area contributed by atoms with E-state index in [2.05, 4.69) is 47.7 Å². The van der Waals surface area contributed by atoms with Crippen molar-refractivity contribution in [3.05, 3.63) is 35.5 Å². The molecule has 1 fully saturated rings. The number of fused-ring (bicyclic) bond motifs is 5. The van der Waals surface area contributed by atoms with Crippen LogP contribution in [0, 0.1) is 5.92 Å². The number of rotatable bonds is 2. The van der Waals surface area contributed by atoms with Gasteiger partial charge in [-0.2, -0.15) is 8.42 Å². The van der Waals surface area contributed by atoms with E-state index in [1.807, 2.05) is 0 Å². The van der Waals surface area contributed by atoms with Gasteiger partial charge in [0.1, 0.15) is 0 Å². The largest absolute Gasteiger partial charge is 0.481 e. The Kier molecular flexibility index (Phi) is 5.58. The number of nitrogens with zero attached hydrogens (tertiary/aromatic N) is 2. The fourth-order valence-electron chi connectivity index (χ4n) is 4.86. The lowest BCUT2D eigenvalue weighted by atomic mass is 9.72. The summed E-state index contributed by atoms with van der Waals surface area (Å²) in [7, 11) is -1.58. The Morgan fingerprint density at radius 2 is 1.93 bits per heavy atom. The number of carboxylic acids is 1. The Hall–Kier alpha value is -1.90. The molecule has 2 aromatic rings. The first-order chi connectivity index (χ1) is 13.1. The molecule has 28 heavy (non-hydrogen) atoms. The van der Waals surface area contributed by atoms with Crippen LogP contribution in [0.3, 0.4) is 0 Å². The zero-order chi connectivity index (χ0) is 20.7. The van der Waals surface area contributed by atoms with Crippen LogP contribution in [-0.4, -0.2) is 52.4 Å². The summed E-state index contributed by atoms with van der Waals surface area (Å²) in [5, 5.41) is 11.1. The molecule has 0 amide bonds. The van der Waals surface area contributed by atoms with Gasteiger partial charge in [-0.3, -0.25) is 14.2 Å². The van der Waals surface area contributed by atoms with Crippen molar-refractivity contribution in [2.24, 2.45) is 13.0 Å². The van der Waals surface area contributed by atoms with Crippen LogP contribution in [0.4, 0.5) is 0 Å². The van der Waals surface area contributed by atoms with Crippen molar-refractivity contribution in [2.45, 2.75) is 38.6 Å². The number of aliphatic carboxylic acids is 1. The van der Waals surface area contributed by atoms with Crippen molar-refractivity contribution in [3.8, 4) is 0 Å². The maximum atomic E-state index is 11.9. The van der Waals surface area contributed by atoms with Gasteiger partial charge in [0, 0.05) is 30.2 Å². The van der Waals surface area contributed by atoms with Crippen molar-refractivity contribution < 1.29 is 22.9 Å². The summed E-state index contributed by atoms with van der Waals surface area (Å²) in [5.74, 6) is -1.19. The molecule has 0 aliphatic carbocycles. The van der Waals surface area contributed by atoms with Crippen LogP contribution >= 0.6 is 0 Å². The third-order valence-electron chi connectivity index (χ3n) is 6.24. The van der Waals surface area contributed by atoms with Crippen LogP contribution in [0.25, 0.3) is 10.9 Å².